The summed E-state index contributed by atoms with van der Waals surface area (Å²) in [6.45, 7) is 7.07. The fourth-order valence-corrected chi connectivity index (χ4v) is 4.79. The molecule has 1 saturated heterocycles. The average Bonchev–Trinajstić information content (AvgIpc) is 3.38. The molecule has 3 rings (SSSR count). The highest BCUT2D eigenvalue weighted by molar-refractivity contribution is 6.30. The maximum absolute atomic E-state index is 13.3. The van der Waals surface area contributed by atoms with Crippen LogP contribution in [0.3, 0.4) is 0 Å². The lowest BCUT2D eigenvalue weighted by Crippen LogP contribution is -2.52. The number of benzene rings is 2. The minimum Gasteiger partial charge on any atom is -0.450 e. The lowest BCUT2D eigenvalue weighted by molar-refractivity contribution is -0.154. The number of nitrogens with zero attached hydrogens (tertiary/aromatic N) is 2. The molecule has 0 aromatic heterocycles. The summed E-state index contributed by atoms with van der Waals surface area (Å²) in [4.78, 5) is 41.7. The molecule has 2 N–H and O–H groups in total. The molecule has 8 nitrogen and oxygen atoms in total. The molecule has 2 aromatic rings. The van der Waals surface area contributed by atoms with E-state index >= 15 is 0 Å². The van der Waals surface area contributed by atoms with Gasteiger partial charge in [-0.3, -0.25) is 9.59 Å². The highest BCUT2D eigenvalue weighted by Crippen LogP contribution is 2.28. The van der Waals surface area contributed by atoms with E-state index in [9.17, 15) is 19.5 Å². The SMILES string of the molecule is CCOC(=O)N(CC)CCc1ccc(Cl)cc1CNC(=O)[C@@H]1CCCN1C(=O)[C@](C)(O)c1ccccc1. The molecule has 2 atom stereocenters. The molecular formula is C28H36ClN3O5. The molecule has 200 valence electrons. The van der Waals surface area contributed by atoms with Crippen molar-refractivity contribution in [2.45, 2.75) is 58.2 Å². The van der Waals surface area contributed by atoms with Gasteiger partial charge >= 0.3 is 6.09 Å². The number of carbonyl (C=O) groups is 3. The predicted octanol–water partition coefficient (Wildman–Crippen LogP) is 3.88. The Kier molecular flexibility index (Phi) is 9.94. The second-order valence-electron chi connectivity index (χ2n) is 9.25. The van der Waals surface area contributed by atoms with Crippen molar-refractivity contribution in [3.8, 4) is 0 Å². The van der Waals surface area contributed by atoms with Gasteiger partial charge in [0.15, 0.2) is 5.60 Å². The van der Waals surface area contributed by atoms with Crippen LogP contribution in [0.15, 0.2) is 48.5 Å². The molecular weight excluding hydrogens is 494 g/mol. The van der Waals surface area contributed by atoms with Crippen LogP contribution >= 0.6 is 11.6 Å². The number of likely N-dealkylation sites (N-methyl/N-ethyl adjacent to an activating group) is 1. The van der Waals surface area contributed by atoms with Crippen molar-refractivity contribution >= 4 is 29.5 Å². The van der Waals surface area contributed by atoms with Crippen molar-refractivity contribution in [2.75, 3.05) is 26.2 Å². The van der Waals surface area contributed by atoms with Gasteiger partial charge in [0.2, 0.25) is 5.91 Å². The third kappa shape index (κ3) is 7.02. The number of hydrogen-bond donors (Lipinski definition) is 2. The Morgan fingerprint density at radius 2 is 1.89 bits per heavy atom. The van der Waals surface area contributed by atoms with Crippen LogP contribution in [0.2, 0.25) is 5.02 Å². The first-order valence-electron chi connectivity index (χ1n) is 12.7. The van der Waals surface area contributed by atoms with Gasteiger partial charge in [0.1, 0.15) is 6.04 Å². The Labute approximate surface area is 223 Å². The van der Waals surface area contributed by atoms with Crippen LogP contribution < -0.4 is 5.32 Å². The van der Waals surface area contributed by atoms with Crippen LogP contribution in [0.1, 0.15) is 50.3 Å². The van der Waals surface area contributed by atoms with Crippen LogP contribution in [0.5, 0.6) is 0 Å². The first-order valence-corrected chi connectivity index (χ1v) is 13.1. The van der Waals surface area contributed by atoms with E-state index in [0.717, 1.165) is 11.1 Å². The number of ether oxygens (including phenoxy) is 1. The Bertz CT molecular complexity index is 1090. The van der Waals surface area contributed by atoms with E-state index in [4.69, 9.17) is 16.3 Å². The molecule has 0 aliphatic carbocycles. The highest BCUT2D eigenvalue weighted by atomic mass is 35.5. The largest absolute Gasteiger partial charge is 0.450 e. The van der Waals surface area contributed by atoms with Crippen molar-refractivity contribution < 1.29 is 24.2 Å². The summed E-state index contributed by atoms with van der Waals surface area (Å²) in [5, 5.41) is 14.5. The smallest absolute Gasteiger partial charge is 0.409 e. The van der Waals surface area contributed by atoms with Crippen LogP contribution in [-0.4, -0.2) is 65.1 Å². The van der Waals surface area contributed by atoms with Crippen LogP contribution in [0, 0.1) is 0 Å². The third-order valence-corrected chi connectivity index (χ3v) is 6.98. The molecule has 1 heterocycles. The molecule has 2 aromatic carbocycles. The second kappa shape index (κ2) is 12.9. The molecule has 1 aliphatic heterocycles. The van der Waals surface area contributed by atoms with Gasteiger partial charge in [-0.05, 0) is 68.9 Å². The first-order chi connectivity index (χ1) is 17.7. The summed E-state index contributed by atoms with van der Waals surface area (Å²) in [5.74, 6) is -0.763. The zero-order chi connectivity index (χ0) is 27.0. The summed E-state index contributed by atoms with van der Waals surface area (Å²) in [6, 6.07) is 13.6. The number of likely N-dealkylation sites (tertiary alicyclic amines) is 1. The van der Waals surface area contributed by atoms with Gasteiger partial charge in [-0.1, -0.05) is 48.0 Å². The number of carbonyl (C=O) groups excluding carboxylic acids is 3. The molecule has 0 unspecified atom stereocenters. The Hall–Kier alpha value is -3.10. The molecule has 1 fully saturated rings. The minimum absolute atomic E-state index is 0.230. The van der Waals surface area contributed by atoms with E-state index in [2.05, 4.69) is 5.32 Å². The van der Waals surface area contributed by atoms with Crippen molar-refractivity contribution in [2.24, 2.45) is 0 Å². The van der Waals surface area contributed by atoms with Gasteiger partial charge in [-0.25, -0.2) is 4.79 Å². The number of halogens is 1. The summed E-state index contributed by atoms with van der Waals surface area (Å²) in [5.41, 5.74) is 0.555. The van der Waals surface area contributed by atoms with E-state index < -0.39 is 17.6 Å². The quantitative estimate of drug-likeness (QED) is 0.486. The standard InChI is InChI=1S/C28H36ClN3O5/c1-4-31(27(35)37-5-2)17-15-20-13-14-23(29)18-21(20)19-30-25(33)24-12-9-16-32(24)26(34)28(3,36)22-10-7-6-8-11-22/h6-8,10-11,13-14,18,24,36H,4-5,9,12,15-17,19H2,1-3H3,(H,30,33)/t24-,28+/m0/s1. The fourth-order valence-electron chi connectivity index (χ4n) is 4.60. The van der Waals surface area contributed by atoms with Gasteiger partial charge in [0.05, 0.1) is 6.61 Å². The van der Waals surface area contributed by atoms with Gasteiger partial charge in [0.25, 0.3) is 5.91 Å². The molecule has 1 aliphatic rings. The van der Waals surface area contributed by atoms with Gasteiger partial charge < -0.3 is 25.0 Å². The molecule has 37 heavy (non-hydrogen) atoms. The summed E-state index contributed by atoms with van der Waals surface area (Å²) >= 11 is 6.24. The number of hydrogen-bond acceptors (Lipinski definition) is 5. The van der Waals surface area contributed by atoms with Gasteiger partial charge in [0, 0.05) is 31.2 Å². The molecule has 9 heteroatoms. The zero-order valence-corrected chi connectivity index (χ0v) is 22.5. The Morgan fingerprint density at radius 1 is 1.16 bits per heavy atom. The van der Waals surface area contributed by atoms with Crippen molar-refractivity contribution in [3.05, 3.63) is 70.2 Å². The van der Waals surface area contributed by atoms with Crippen LogP contribution in [0.25, 0.3) is 0 Å². The van der Waals surface area contributed by atoms with Crippen LogP contribution in [0.4, 0.5) is 4.79 Å². The fraction of sp³-hybridized carbons (Fsp3) is 0.464. The van der Waals surface area contributed by atoms with E-state index in [1.54, 1.807) is 48.2 Å². The Morgan fingerprint density at radius 3 is 2.57 bits per heavy atom. The number of rotatable bonds is 10. The van der Waals surface area contributed by atoms with Crippen molar-refractivity contribution in [1.82, 2.24) is 15.1 Å². The van der Waals surface area contributed by atoms with Crippen molar-refractivity contribution in [1.29, 1.82) is 0 Å². The number of nitrogens with one attached hydrogen (secondary N) is 1. The number of amides is 3. The monoisotopic (exact) mass is 529 g/mol. The average molecular weight is 530 g/mol. The normalized spacial score (nSPS) is 16.7. The zero-order valence-electron chi connectivity index (χ0n) is 21.7. The third-order valence-electron chi connectivity index (χ3n) is 6.75. The first kappa shape index (κ1) is 28.5. The van der Waals surface area contributed by atoms with Gasteiger partial charge in [-0.2, -0.15) is 0 Å². The van der Waals surface area contributed by atoms with E-state index in [0.29, 0.717) is 56.1 Å². The number of aliphatic hydroxyl groups is 1. The lowest BCUT2D eigenvalue weighted by atomic mass is 9.94. The van der Waals surface area contributed by atoms with Gasteiger partial charge in [-0.15, -0.1) is 0 Å². The minimum atomic E-state index is -1.73. The molecule has 0 radical (unpaired) electrons. The van der Waals surface area contributed by atoms with E-state index in [-0.39, 0.29) is 18.5 Å². The molecule has 0 spiro atoms. The van der Waals surface area contributed by atoms with Crippen molar-refractivity contribution in [3.63, 3.8) is 0 Å². The molecule has 0 saturated carbocycles. The van der Waals surface area contributed by atoms with E-state index in [1.165, 1.54) is 11.8 Å². The topological polar surface area (TPSA) is 99.2 Å². The molecule has 3 amide bonds. The van der Waals surface area contributed by atoms with Crippen LogP contribution in [-0.2, 0) is 32.9 Å². The predicted molar refractivity (Wildman–Crippen MR) is 142 cm³/mol. The lowest BCUT2D eigenvalue weighted by Gasteiger charge is -2.32. The summed E-state index contributed by atoms with van der Waals surface area (Å²) in [6.07, 6.45) is 1.42. The maximum Gasteiger partial charge on any atom is 0.409 e. The maximum atomic E-state index is 13.3. The second-order valence-corrected chi connectivity index (χ2v) is 9.69. The van der Waals surface area contributed by atoms with E-state index in [1.807, 2.05) is 19.1 Å². The Balaban J connectivity index is 1.67. The summed E-state index contributed by atoms with van der Waals surface area (Å²) < 4.78 is 5.11. The molecule has 0 bridgehead atoms. The highest BCUT2D eigenvalue weighted by Gasteiger charge is 2.42. The summed E-state index contributed by atoms with van der Waals surface area (Å²) in [7, 11) is 0.